The topological polar surface area (TPSA) is 58.4 Å². The minimum absolute atomic E-state index is 0.0933. The smallest absolute Gasteiger partial charge is 0.322 e. The Morgan fingerprint density at radius 2 is 2.37 bits per heavy atom. The fourth-order valence-corrected chi connectivity index (χ4v) is 2.81. The van der Waals surface area contributed by atoms with Crippen molar-refractivity contribution in [3.8, 4) is 0 Å². The van der Waals surface area contributed by atoms with Crippen molar-refractivity contribution < 1.29 is 4.79 Å². The molecule has 1 aliphatic heterocycles. The highest BCUT2D eigenvalue weighted by atomic mass is 35.5. The number of rotatable bonds is 2. The van der Waals surface area contributed by atoms with Crippen molar-refractivity contribution in [2.75, 3.05) is 18.4 Å². The monoisotopic (exact) mass is 281 g/mol. The summed E-state index contributed by atoms with van der Waals surface area (Å²) in [7, 11) is 0. The van der Waals surface area contributed by atoms with E-state index in [-0.39, 0.29) is 12.1 Å². The molecule has 1 aromatic rings. The van der Waals surface area contributed by atoms with Gasteiger partial charge in [0, 0.05) is 29.8 Å². The van der Waals surface area contributed by atoms with Crippen LogP contribution in [0.2, 0.25) is 5.02 Å². The molecule has 1 aromatic carbocycles. The molecule has 0 radical (unpaired) electrons. The van der Waals surface area contributed by atoms with Gasteiger partial charge in [-0.05, 0) is 37.0 Å². The zero-order chi connectivity index (χ0) is 13.8. The number of anilines is 1. The van der Waals surface area contributed by atoms with E-state index in [1.54, 1.807) is 12.1 Å². The summed E-state index contributed by atoms with van der Waals surface area (Å²) in [5.41, 5.74) is 6.51. The lowest BCUT2D eigenvalue weighted by Crippen LogP contribution is -2.52. The lowest BCUT2D eigenvalue weighted by atomic mass is 9.91. The number of nitrogens with two attached hydrogens (primary N) is 1. The van der Waals surface area contributed by atoms with E-state index < -0.39 is 0 Å². The second kappa shape index (κ2) is 6.26. The Morgan fingerprint density at radius 3 is 3.05 bits per heavy atom. The minimum Gasteiger partial charge on any atom is -0.328 e. The van der Waals surface area contributed by atoms with E-state index in [9.17, 15) is 4.79 Å². The Labute approximate surface area is 118 Å². The van der Waals surface area contributed by atoms with E-state index in [2.05, 4.69) is 12.2 Å². The van der Waals surface area contributed by atoms with Crippen LogP contribution in [-0.4, -0.2) is 30.1 Å². The molecular formula is C14H20ClN3O. The first-order valence-corrected chi connectivity index (χ1v) is 7.03. The molecule has 1 saturated heterocycles. The van der Waals surface area contributed by atoms with Gasteiger partial charge in [0.15, 0.2) is 0 Å². The molecule has 2 amide bonds. The van der Waals surface area contributed by atoms with E-state index in [0.717, 1.165) is 19.4 Å². The number of amides is 2. The first kappa shape index (κ1) is 14.2. The largest absolute Gasteiger partial charge is 0.328 e. The third-order valence-corrected chi connectivity index (χ3v) is 3.93. The number of urea groups is 1. The number of carbonyl (C=O) groups excluding carboxylic acids is 1. The molecule has 0 aromatic heterocycles. The van der Waals surface area contributed by atoms with Crippen LogP contribution < -0.4 is 11.1 Å². The van der Waals surface area contributed by atoms with Gasteiger partial charge in [0.1, 0.15) is 0 Å². The molecule has 2 unspecified atom stereocenters. The quantitative estimate of drug-likeness (QED) is 0.876. The fraction of sp³-hybridized carbons (Fsp3) is 0.500. The summed E-state index contributed by atoms with van der Waals surface area (Å²) in [5, 5.41) is 3.50. The molecule has 0 aliphatic carbocycles. The Bertz CT molecular complexity index is 452. The third kappa shape index (κ3) is 3.39. The van der Waals surface area contributed by atoms with Crippen molar-refractivity contribution in [2.45, 2.75) is 25.8 Å². The summed E-state index contributed by atoms with van der Waals surface area (Å²) in [5.74, 6) is 0.448. The average molecular weight is 282 g/mol. The highest BCUT2D eigenvalue weighted by Crippen LogP contribution is 2.24. The van der Waals surface area contributed by atoms with Gasteiger partial charge in [-0.15, -0.1) is 0 Å². The zero-order valence-corrected chi connectivity index (χ0v) is 11.9. The third-order valence-electron chi connectivity index (χ3n) is 3.69. The summed E-state index contributed by atoms with van der Waals surface area (Å²) >= 11 is 5.91. The molecule has 2 rings (SSSR count). The number of nitrogens with one attached hydrogen (secondary N) is 1. The van der Waals surface area contributed by atoms with Crippen LogP contribution in [-0.2, 0) is 0 Å². The van der Waals surface area contributed by atoms with Crippen LogP contribution >= 0.6 is 11.6 Å². The van der Waals surface area contributed by atoms with Crippen LogP contribution in [0.1, 0.15) is 19.8 Å². The lowest BCUT2D eigenvalue weighted by molar-refractivity contribution is 0.133. The van der Waals surface area contributed by atoms with E-state index in [1.807, 2.05) is 17.0 Å². The second-order valence-electron chi connectivity index (χ2n) is 5.06. The maximum absolute atomic E-state index is 12.3. The zero-order valence-electron chi connectivity index (χ0n) is 11.1. The molecule has 104 valence electrons. The van der Waals surface area contributed by atoms with Crippen LogP contribution in [0.25, 0.3) is 0 Å². The Morgan fingerprint density at radius 1 is 1.58 bits per heavy atom. The maximum Gasteiger partial charge on any atom is 0.322 e. The lowest BCUT2D eigenvalue weighted by Gasteiger charge is -2.39. The van der Waals surface area contributed by atoms with Crippen LogP contribution in [0.4, 0.5) is 10.5 Å². The van der Waals surface area contributed by atoms with Gasteiger partial charge in [-0.25, -0.2) is 4.79 Å². The highest BCUT2D eigenvalue weighted by molar-refractivity contribution is 6.30. The molecule has 19 heavy (non-hydrogen) atoms. The van der Waals surface area contributed by atoms with Crippen molar-refractivity contribution >= 4 is 23.3 Å². The number of likely N-dealkylation sites (tertiary alicyclic amines) is 1. The number of nitrogens with zero attached hydrogens (tertiary/aromatic N) is 1. The molecule has 0 saturated carbocycles. The van der Waals surface area contributed by atoms with Crippen molar-refractivity contribution in [2.24, 2.45) is 11.7 Å². The van der Waals surface area contributed by atoms with E-state index >= 15 is 0 Å². The molecule has 3 N–H and O–H groups in total. The van der Waals surface area contributed by atoms with Gasteiger partial charge < -0.3 is 16.0 Å². The summed E-state index contributed by atoms with van der Waals surface area (Å²) < 4.78 is 0. The number of hydrogen-bond acceptors (Lipinski definition) is 2. The summed E-state index contributed by atoms with van der Waals surface area (Å²) in [6.07, 6.45) is 2.16. The van der Waals surface area contributed by atoms with Gasteiger partial charge in [-0.2, -0.15) is 0 Å². The van der Waals surface area contributed by atoms with Crippen molar-refractivity contribution in [1.82, 2.24) is 4.90 Å². The van der Waals surface area contributed by atoms with Crippen molar-refractivity contribution in [3.63, 3.8) is 0 Å². The predicted molar refractivity (Wildman–Crippen MR) is 78.4 cm³/mol. The van der Waals surface area contributed by atoms with Crippen LogP contribution in [0.15, 0.2) is 24.3 Å². The van der Waals surface area contributed by atoms with Gasteiger partial charge in [-0.3, -0.25) is 0 Å². The van der Waals surface area contributed by atoms with E-state index in [4.69, 9.17) is 17.3 Å². The molecule has 2 atom stereocenters. The number of benzene rings is 1. The molecule has 0 spiro atoms. The highest BCUT2D eigenvalue weighted by Gasteiger charge is 2.30. The number of hydrogen-bond donors (Lipinski definition) is 2. The molecule has 1 fully saturated rings. The molecular weight excluding hydrogens is 262 g/mol. The molecule has 1 heterocycles. The van der Waals surface area contributed by atoms with Gasteiger partial charge >= 0.3 is 6.03 Å². The van der Waals surface area contributed by atoms with E-state index in [0.29, 0.717) is 23.2 Å². The first-order chi connectivity index (χ1) is 9.11. The predicted octanol–water partition coefficient (Wildman–Crippen LogP) is 2.93. The number of carbonyl (C=O) groups is 1. The van der Waals surface area contributed by atoms with Gasteiger partial charge in [0.05, 0.1) is 0 Å². The first-order valence-electron chi connectivity index (χ1n) is 6.65. The van der Waals surface area contributed by atoms with E-state index in [1.165, 1.54) is 0 Å². The van der Waals surface area contributed by atoms with Gasteiger partial charge in [0.2, 0.25) is 0 Å². The Kier molecular flexibility index (Phi) is 4.66. The number of halogens is 1. The van der Waals surface area contributed by atoms with Crippen LogP contribution in [0.3, 0.4) is 0 Å². The van der Waals surface area contributed by atoms with Gasteiger partial charge in [0.25, 0.3) is 0 Å². The van der Waals surface area contributed by atoms with Crippen molar-refractivity contribution in [3.05, 3.63) is 29.3 Å². The Hall–Kier alpha value is -1.26. The van der Waals surface area contributed by atoms with Crippen LogP contribution in [0.5, 0.6) is 0 Å². The molecule has 5 heteroatoms. The summed E-state index contributed by atoms with van der Waals surface area (Å²) in [6.45, 7) is 3.42. The SMILES string of the molecule is CC1CCCN(C(=O)Nc2cccc(Cl)c2)C1CN. The Balaban J connectivity index is 2.06. The van der Waals surface area contributed by atoms with Gasteiger partial charge in [-0.1, -0.05) is 24.6 Å². The summed E-state index contributed by atoms with van der Waals surface area (Å²) in [4.78, 5) is 14.2. The summed E-state index contributed by atoms with van der Waals surface area (Å²) in [6, 6.07) is 7.19. The second-order valence-corrected chi connectivity index (χ2v) is 5.49. The molecule has 0 bridgehead atoms. The normalized spacial score (nSPS) is 23.2. The standard InChI is InChI=1S/C14H20ClN3O/c1-10-4-3-7-18(13(10)9-16)14(19)17-12-6-2-5-11(15)8-12/h2,5-6,8,10,13H,3-4,7,9,16H2,1H3,(H,17,19). The minimum atomic E-state index is -0.0933. The maximum atomic E-state index is 12.3. The fourth-order valence-electron chi connectivity index (χ4n) is 2.62. The number of piperidine rings is 1. The molecule has 4 nitrogen and oxygen atoms in total. The average Bonchev–Trinajstić information content (AvgIpc) is 2.38. The van der Waals surface area contributed by atoms with Crippen LogP contribution in [0, 0.1) is 5.92 Å². The molecule has 1 aliphatic rings. The van der Waals surface area contributed by atoms with Crippen molar-refractivity contribution in [1.29, 1.82) is 0 Å².